The lowest BCUT2D eigenvalue weighted by atomic mass is 9.75. The molecule has 0 spiro atoms. The van der Waals surface area contributed by atoms with Crippen LogP contribution in [0.1, 0.15) is 49.4 Å². The fourth-order valence-corrected chi connectivity index (χ4v) is 5.33. The smallest absolute Gasteiger partial charge is 0.325 e. The normalized spacial score (nSPS) is 25.4. The number of nitrogens with zero attached hydrogens (tertiary/aromatic N) is 1. The minimum atomic E-state index is -1.06. The van der Waals surface area contributed by atoms with Crippen molar-refractivity contribution in [2.75, 3.05) is 13.1 Å². The van der Waals surface area contributed by atoms with Gasteiger partial charge in [-0.15, -0.1) is 11.3 Å². The van der Waals surface area contributed by atoms with E-state index in [0.29, 0.717) is 17.8 Å². The van der Waals surface area contributed by atoms with Crippen LogP contribution in [0.5, 0.6) is 0 Å². The number of piperidine rings is 1. The lowest BCUT2D eigenvalue weighted by molar-refractivity contribution is -0.149. The summed E-state index contributed by atoms with van der Waals surface area (Å²) in [7, 11) is 0. The van der Waals surface area contributed by atoms with Crippen LogP contribution in [0, 0.1) is 11.8 Å². The lowest BCUT2D eigenvalue weighted by Crippen LogP contribution is -2.63. The summed E-state index contributed by atoms with van der Waals surface area (Å²) in [5.41, 5.74) is 0. The number of nitrogens with one attached hydrogen (secondary N) is 3. The molecule has 3 aliphatic rings. The zero-order chi connectivity index (χ0) is 22.0. The molecule has 0 aromatic carbocycles. The fourth-order valence-electron chi connectivity index (χ4n) is 4.55. The summed E-state index contributed by atoms with van der Waals surface area (Å²) in [6, 6.07) is 0.971. The van der Waals surface area contributed by atoms with Gasteiger partial charge in [0.2, 0.25) is 17.6 Å². The van der Waals surface area contributed by atoms with E-state index in [0.717, 1.165) is 37.0 Å². The first kappa shape index (κ1) is 21.5. The SMILES string of the molecule is O=C1NCC1NC(=O)C(NC(=O)N1CCC(C2CCCCC2)C(=O)C1=O)c1cccs1. The van der Waals surface area contributed by atoms with Crippen LogP contribution in [-0.4, -0.2) is 53.6 Å². The number of urea groups is 1. The maximum Gasteiger partial charge on any atom is 0.325 e. The van der Waals surface area contributed by atoms with Gasteiger partial charge in [-0.05, 0) is 36.6 Å². The van der Waals surface area contributed by atoms with Gasteiger partial charge in [-0.1, -0.05) is 25.3 Å². The number of likely N-dealkylation sites (tertiary alicyclic amines) is 1. The van der Waals surface area contributed by atoms with E-state index < -0.39 is 35.7 Å². The van der Waals surface area contributed by atoms with Crippen molar-refractivity contribution in [1.82, 2.24) is 20.9 Å². The molecule has 3 fully saturated rings. The van der Waals surface area contributed by atoms with Crippen molar-refractivity contribution in [3.8, 4) is 0 Å². The summed E-state index contributed by atoms with van der Waals surface area (Å²) in [6.07, 6.45) is 5.67. The quantitative estimate of drug-likeness (QED) is 0.462. The molecule has 0 bridgehead atoms. The van der Waals surface area contributed by atoms with Crippen LogP contribution in [0.15, 0.2) is 17.5 Å². The number of carbonyl (C=O) groups is 5. The molecule has 31 heavy (non-hydrogen) atoms. The number of β-lactam (4-membered cyclic amide) rings is 1. The number of hydrogen-bond acceptors (Lipinski definition) is 6. The van der Waals surface area contributed by atoms with Crippen molar-refractivity contribution in [3.05, 3.63) is 22.4 Å². The molecule has 2 aliphatic heterocycles. The van der Waals surface area contributed by atoms with Crippen LogP contribution in [0.3, 0.4) is 0 Å². The topological polar surface area (TPSA) is 125 Å². The van der Waals surface area contributed by atoms with E-state index in [1.807, 2.05) is 0 Å². The summed E-state index contributed by atoms with van der Waals surface area (Å²) < 4.78 is 0. The molecule has 3 unspecified atom stereocenters. The highest BCUT2D eigenvalue weighted by molar-refractivity contribution is 7.10. The number of imide groups is 1. The molecule has 1 aromatic heterocycles. The predicted molar refractivity (Wildman–Crippen MR) is 112 cm³/mol. The lowest BCUT2D eigenvalue weighted by Gasteiger charge is -2.35. The van der Waals surface area contributed by atoms with E-state index in [9.17, 15) is 24.0 Å². The number of amides is 5. The predicted octanol–water partition coefficient (Wildman–Crippen LogP) is 1.11. The summed E-state index contributed by atoms with van der Waals surface area (Å²) in [5, 5.41) is 9.50. The highest BCUT2D eigenvalue weighted by Crippen LogP contribution is 2.34. The minimum Gasteiger partial charge on any atom is -0.352 e. The highest BCUT2D eigenvalue weighted by atomic mass is 32.1. The van der Waals surface area contributed by atoms with Crippen LogP contribution >= 0.6 is 11.3 Å². The Morgan fingerprint density at radius 3 is 2.52 bits per heavy atom. The van der Waals surface area contributed by atoms with E-state index in [-0.39, 0.29) is 24.3 Å². The maximum atomic E-state index is 12.9. The molecule has 0 radical (unpaired) electrons. The third-order valence-corrected chi connectivity index (χ3v) is 7.33. The molecule has 1 aromatic rings. The largest absolute Gasteiger partial charge is 0.352 e. The third-order valence-electron chi connectivity index (χ3n) is 6.39. The zero-order valence-electron chi connectivity index (χ0n) is 17.1. The second kappa shape index (κ2) is 9.17. The van der Waals surface area contributed by atoms with Gasteiger partial charge in [-0.3, -0.25) is 24.1 Å². The molecular formula is C21H26N4O5S. The average molecular weight is 447 g/mol. The van der Waals surface area contributed by atoms with Gasteiger partial charge < -0.3 is 16.0 Å². The molecule has 1 saturated carbocycles. The van der Waals surface area contributed by atoms with Crippen molar-refractivity contribution >= 4 is 40.9 Å². The average Bonchev–Trinajstić information content (AvgIpc) is 3.31. The van der Waals surface area contributed by atoms with E-state index in [1.165, 1.54) is 11.3 Å². The van der Waals surface area contributed by atoms with Crippen molar-refractivity contribution in [2.24, 2.45) is 11.8 Å². The van der Waals surface area contributed by atoms with Crippen LogP contribution in [0.4, 0.5) is 4.79 Å². The van der Waals surface area contributed by atoms with Gasteiger partial charge in [0.15, 0.2) is 0 Å². The van der Waals surface area contributed by atoms with Crippen molar-refractivity contribution in [2.45, 2.75) is 50.6 Å². The molecule has 9 nitrogen and oxygen atoms in total. The Labute approximate surface area is 183 Å². The molecular weight excluding hydrogens is 420 g/mol. The van der Waals surface area contributed by atoms with Gasteiger partial charge in [-0.25, -0.2) is 4.79 Å². The van der Waals surface area contributed by atoms with Gasteiger partial charge in [0, 0.05) is 23.9 Å². The van der Waals surface area contributed by atoms with Crippen molar-refractivity contribution in [3.63, 3.8) is 0 Å². The summed E-state index contributed by atoms with van der Waals surface area (Å²) in [6.45, 7) is 0.485. The van der Waals surface area contributed by atoms with Crippen LogP contribution in [0.2, 0.25) is 0 Å². The Hall–Kier alpha value is -2.75. The van der Waals surface area contributed by atoms with Crippen LogP contribution in [0.25, 0.3) is 0 Å². The number of Topliss-reactive ketones (excluding diaryl/α,β-unsaturated/α-hetero) is 1. The first-order valence-corrected chi connectivity index (χ1v) is 11.6. The number of rotatable bonds is 5. The second-order valence-corrected chi connectivity index (χ2v) is 9.30. The fraction of sp³-hybridized carbons (Fsp3) is 0.571. The van der Waals surface area contributed by atoms with Crippen molar-refractivity contribution < 1.29 is 24.0 Å². The first-order chi connectivity index (χ1) is 15.0. The molecule has 5 amide bonds. The Balaban J connectivity index is 1.42. The van der Waals surface area contributed by atoms with Gasteiger partial charge >= 0.3 is 6.03 Å². The second-order valence-electron chi connectivity index (χ2n) is 8.32. The van der Waals surface area contributed by atoms with Crippen molar-refractivity contribution in [1.29, 1.82) is 0 Å². The zero-order valence-corrected chi connectivity index (χ0v) is 17.9. The van der Waals surface area contributed by atoms with Crippen LogP contribution in [-0.2, 0) is 19.2 Å². The van der Waals surface area contributed by atoms with Gasteiger partial charge in [0.25, 0.3) is 5.91 Å². The summed E-state index contributed by atoms with van der Waals surface area (Å²) in [5.74, 6) is -2.22. The van der Waals surface area contributed by atoms with E-state index in [1.54, 1.807) is 17.5 Å². The third kappa shape index (κ3) is 4.48. The molecule has 3 heterocycles. The molecule has 2 saturated heterocycles. The number of hydrogen-bond donors (Lipinski definition) is 3. The summed E-state index contributed by atoms with van der Waals surface area (Å²) >= 11 is 1.28. The Kier molecular flexibility index (Phi) is 6.35. The molecule has 10 heteroatoms. The number of carbonyl (C=O) groups excluding carboxylic acids is 5. The Bertz CT molecular complexity index is 880. The van der Waals surface area contributed by atoms with E-state index in [4.69, 9.17) is 0 Å². The molecule has 4 rings (SSSR count). The van der Waals surface area contributed by atoms with Gasteiger partial charge in [0.1, 0.15) is 12.1 Å². The molecule has 3 N–H and O–H groups in total. The standard InChI is InChI=1S/C21H26N4O5S/c26-17-13(12-5-2-1-3-6-12)8-9-25(20(17)29)21(30)24-16(15-7-4-10-31-15)19(28)23-14-11-22-18(14)27/h4,7,10,12-14,16H,1-3,5-6,8-9,11H2,(H,22,27)(H,23,28)(H,24,30). The van der Waals surface area contributed by atoms with E-state index >= 15 is 0 Å². The van der Waals surface area contributed by atoms with E-state index in [2.05, 4.69) is 16.0 Å². The number of ketones is 1. The molecule has 1 aliphatic carbocycles. The molecule has 3 atom stereocenters. The first-order valence-electron chi connectivity index (χ1n) is 10.7. The Morgan fingerprint density at radius 1 is 1.13 bits per heavy atom. The summed E-state index contributed by atoms with van der Waals surface area (Å²) in [4.78, 5) is 64.0. The minimum absolute atomic E-state index is 0.154. The monoisotopic (exact) mass is 446 g/mol. The number of thiophene rings is 1. The van der Waals surface area contributed by atoms with Crippen LogP contribution < -0.4 is 16.0 Å². The van der Waals surface area contributed by atoms with Gasteiger partial charge in [0.05, 0.1) is 0 Å². The Morgan fingerprint density at radius 2 is 1.90 bits per heavy atom. The maximum absolute atomic E-state index is 12.9. The molecule has 166 valence electrons. The van der Waals surface area contributed by atoms with Gasteiger partial charge in [-0.2, -0.15) is 0 Å². The highest BCUT2D eigenvalue weighted by Gasteiger charge is 2.42.